The van der Waals surface area contributed by atoms with Crippen molar-refractivity contribution in [2.24, 2.45) is 0 Å². The summed E-state index contributed by atoms with van der Waals surface area (Å²) in [5, 5.41) is 11.7. The number of nitro groups is 1. The predicted octanol–water partition coefficient (Wildman–Crippen LogP) is 5.11. The van der Waals surface area contributed by atoms with Crippen molar-refractivity contribution >= 4 is 23.1 Å². The standard InChI is InChI=1S/C24H23NO7/c1-16(21-12-10-19(32-21)14-29-2)13-18-9-11-20(25(27)28)22(24(18)31-15-30-3)23(26)17-7-5-4-6-8-17/h4-13H,14-15H2,1-3H3. The molecule has 0 atom stereocenters. The molecule has 0 spiro atoms. The number of benzene rings is 2. The molecule has 2 aromatic carbocycles. The maximum atomic E-state index is 13.3. The van der Waals surface area contributed by atoms with E-state index in [1.54, 1.807) is 55.7 Å². The molecule has 8 heteroatoms. The van der Waals surface area contributed by atoms with Crippen molar-refractivity contribution < 1.29 is 28.3 Å². The van der Waals surface area contributed by atoms with Crippen LogP contribution in [-0.2, 0) is 16.1 Å². The van der Waals surface area contributed by atoms with Gasteiger partial charge in [0.25, 0.3) is 5.69 Å². The van der Waals surface area contributed by atoms with Crippen molar-refractivity contribution in [3.63, 3.8) is 0 Å². The molecule has 8 nitrogen and oxygen atoms in total. The normalized spacial score (nSPS) is 11.4. The van der Waals surface area contributed by atoms with Crippen LogP contribution in [0, 0.1) is 10.1 Å². The highest BCUT2D eigenvalue weighted by Crippen LogP contribution is 2.36. The topological polar surface area (TPSA) is 101 Å². The van der Waals surface area contributed by atoms with E-state index in [1.807, 2.05) is 6.92 Å². The molecular weight excluding hydrogens is 414 g/mol. The minimum absolute atomic E-state index is 0.0675. The third kappa shape index (κ3) is 5.11. The molecule has 0 unspecified atom stereocenters. The van der Waals surface area contributed by atoms with Gasteiger partial charge in [0.15, 0.2) is 6.79 Å². The van der Waals surface area contributed by atoms with Crippen LogP contribution in [0.4, 0.5) is 5.69 Å². The number of nitrogens with zero attached hydrogens (tertiary/aromatic N) is 1. The number of nitro benzene ring substituents is 1. The van der Waals surface area contributed by atoms with E-state index in [-0.39, 0.29) is 23.8 Å². The fourth-order valence-electron chi connectivity index (χ4n) is 3.19. The molecule has 0 amide bonds. The number of carbonyl (C=O) groups is 1. The van der Waals surface area contributed by atoms with Crippen LogP contribution in [0.15, 0.2) is 59.0 Å². The van der Waals surface area contributed by atoms with Crippen LogP contribution < -0.4 is 4.74 Å². The van der Waals surface area contributed by atoms with Crippen molar-refractivity contribution in [1.29, 1.82) is 0 Å². The maximum absolute atomic E-state index is 13.3. The molecule has 1 heterocycles. The Labute approximate surface area is 185 Å². The van der Waals surface area contributed by atoms with Gasteiger partial charge in [-0.05, 0) is 36.8 Å². The molecule has 0 aliphatic carbocycles. The second-order valence-corrected chi connectivity index (χ2v) is 6.91. The van der Waals surface area contributed by atoms with E-state index in [1.165, 1.54) is 19.2 Å². The number of carbonyl (C=O) groups excluding carboxylic acids is 1. The second-order valence-electron chi connectivity index (χ2n) is 6.91. The van der Waals surface area contributed by atoms with Crippen LogP contribution >= 0.6 is 0 Å². The molecule has 0 radical (unpaired) electrons. The first-order chi connectivity index (χ1) is 15.5. The summed E-state index contributed by atoms with van der Waals surface area (Å²) in [6.45, 7) is 1.98. The zero-order valence-corrected chi connectivity index (χ0v) is 18.0. The highest BCUT2D eigenvalue weighted by molar-refractivity contribution is 6.14. The summed E-state index contributed by atoms with van der Waals surface area (Å²) in [6, 6.07) is 14.8. The first-order valence-corrected chi connectivity index (χ1v) is 9.75. The quantitative estimate of drug-likeness (QED) is 0.188. The number of furan rings is 1. The molecule has 0 aliphatic heterocycles. The number of hydrogen-bond donors (Lipinski definition) is 0. The molecule has 0 fully saturated rings. The van der Waals surface area contributed by atoms with Gasteiger partial charge in [-0.25, -0.2) is 0 Å². The van der Waals surface area contributed by atoms with Crippen LogP contribution in [0.2, 0.25) is 0 Å². The minimum atomic E-state index is -0.597. The predicted molar refractivity (Wildman–Crippen MR) is 118 cm³/mol. The van der Waals surface area contributed by atoms with E-state index >= 15 is 0 Å². The number of allylic oxidation sites excluding steroid dienone is 1. The Morgan fingerprint density at radius 2 is 1.81 bits per heavy atom. The molecular formula is C24H23NO7. The first-order valence-electron chi connectivity index (χ1n) is 9.75. The number of rotatable bonds is 10. The maximum Gasteiger partial charge on any atom is 0.284 e. The summed E-state index contributed by atoms with van der Waals surface area (Å²) < 4.78 is 21.5. The Hall–Kier alpha value is -3.75. The van der Waals surface area contributed by atoms with Crippen molar-refractivity contribution in [1.82, 2.24) is 0 Å². The molecule has 3 rings (SSSR count). The van der Waals surface area contributed by atoms with Gasteiger partial charge < -0.3 is 18.6 Å². The monoisotopic (exact) mass is 437 g/mol. The summed E-state index contributed by atoms with van der Waals surface area (Å²) >= 11 is 0. The molecule has 32 heavy (non-hydrogen) atoms. The van der Waals surface area contributed by atoms with Crippen molar-refractivity contribution in [2.45, 2.75) is 13.5 Å². The summed E-state index contributed by atoms with van der Waals surface area (Å²) in [5.74, 6) is 0.813. The number of ether oxygens (including phenoxy) is 3. The molecule has 3 aromatic rings. The van der Waals surface area contributed by atoms with Gasteiger partial charge in [0.1, 0.15) is 29.4 Å². The Kier molecular flexibility index (Phi) is 7.54. The minimum Gasteiger partial charge on any atom is -0.466 e. The Bertz CT molecular complexity index is 1130. The lowest BCUT2D eigenvalue weighted by molar-refractivity contribution is -0.385. The van der Waals surface area contributed by atoms with Crippen molar-refractivity contribution in [3.05, 3.63) is 92.9 Å². The zero-order valence-electron chi connectivity index (χ0n) is 18.0. The van der Waals surface area contributed by atoms with E-state index < -0.39 is 10.7 Å². The van der Waals surface area contributed by atoms with E-state index in [2.05, 4.69) is 0 Å². The lowest BCUT2D eigenvalue weighted by Crippen LogP contribution is -2.11. The smallest absolute Gasteiger partial charge is 0.284 e. The average molecular weight is 437 g/mol. The molecule has 0 saturated carbocycles. The van der Waals surface area contributed by atoms with Crippen molar-refractivity contribution in [3.8, 4) is 5.75 Å². The first kappa shape index (κ1) is 22.9. The lowest BCUT2D eigenvalue weighted by Gasteiger charge is -2.14. The fourth-order valence-corrected chi connectivity index (χ4v) is 3.19. The Morgan fingerprint density at radius 1 is 1.06 bits per heavy atom. The summed E-state index contributed by atoms with van der Waals surface area (Å²) in [7, 11) is 3.00. The van der Waals surface area contributed by atoms with Crippen LogP contribution in [0.1, 0.15) is 39.9 Å². The fraction of sp³-hybridized carbons (Fsp3) is 0.208. The van der Waals surface area contributed by atoms with Gasteiger partial charge >= 0.3 is 0 Å². The van der Waals surface area contributed by atoms with Crippen molar-refractivity contribution in [2.75, 3.05) is 21.0 Å². The molecule has 0 bridgehead atoms. The Morgan fingerprint density at radius 3 is 2.47 bits per heavy atom. The molecule has 0 saturated heterocycles. The molecule has 1 aromatic heterocycles. The Balaban J connectivity index is 2.15. The summed E-state index contributed by atoms with van der Waals surface area (Å²) in [6.07, 6.45) is 1.74. The average Bonchev–Trinajstić information content (AvgIpc) is 3.27. The third-order valence-corrected chi connectivity index (χ3v) is 4.66. The van der Waals surface area contributed by atoms with Gasteiger partial charge in [0, 0.05) is 31.4 Å². The van der Waals surface area contributed by atoms with Gasteiger partial charge in [-0.1, -0.05) is 30.3 Å². The number of methoxy groups -OCH3 is 2. The molecule has 166 valence electrons. The van der Waals surface area contributed by atoms with Crippen LogP contribution in [0.25, 0.3) is 11.6 Å². The highest BCUT2D eigenvalue weighted by Gasteiger charge is 2.28. The van der Waals surface area contributed by atoms with Crippen LogP contribution in [0.5, 0.6) is 5.75 Å². The van der Waals surface area contributed by atoms with Gasteiger partial charge in [-0.2, -0.15) is 0 Å². The SMILES string of the molecule is COCOc1c(C=C(C)c2ccc(COC)o2)ccc([N+](=O)[O-])c1C(=O)c1ccccc1. The number of ketones is 1. The summed E-state index contributed by atoms with van der Waals surface area (Å²) in [4.78, 5) is 24.4. The number of hydrogen-bond acceptors (Lipinski definition) is 7. The second kappa shape index (κ2) is 10.5. The zero-order chi connectivity index (χ0) is 23.1. The summed E-state index contributed by atoms with van der Waals surface area (Å²) in [5.41, 5.74) is 1.04. The largest absolute Gasteiger partial charge is 0.466 e. The molecule has 0 aliphatic rings. The van der Waals surface area contributed by atoms with E-state index in [4.69, 9.17) is 18.6 Å². The highest BCUT2D eigenvalue weighted by atomic mass is 16.7. The van der Waals surface area contributed by atoms with E-state index in [0.29, 0.717) is 29.3 Å². The van der Waals surface area contributed by atoms with Gasteiger partial charge in [-0.15, -0.1) is 0 Å². The van der Waals surface area contributed by atoms with Gasteiger partial charge in [0.05, 0.1) is 4.92 Å². The van der Waals surface area contributed by atoms with Gasteiger partial charge in [-0.3, -0.25) is 14.9 Å². The van der Waals surface area contributed by atoms with E-state index in [0.717, 1.165) is 5.57 Å². The van der Waals surface area contributed by atoms with Crippen LogP contribution in [0.3, 0.4) is 0 Å². The molecule has 0 N–H and O–H groups in total. The van der Waals surface area contributed by atoms with Gasteiger partial charge in [0.2, 0.25) is 5.78 Å². The third-order valence-electron chi connectivity index (χ3n) is 4.66. The lowest BCUT2D eigenvalue weighted by atomic mass is 9.97. The van der Waals surface area contributed by atoms with Crippen LogP contribution in [-0.4, -0.2) is 31.7 Å². The van der Waals surface area contributed by atoms with E-state index in [9.17, 15) is 14.9 Å².